The van der Waals surface area contributed by atoms with Crippen LogP contribution in [0.5, 0.6) is 5.75 Å². The number of ketones is 2. The van der Waals surface area contributed by atoms with E-state index in [2.05, 4.69) is 47.4 Å². The zero-order valence-electron chi connectivity index (χ0n) is 67.5. The molecule has 0 aliphatic carbocycles. The molecule has 2 aromatic carbocycles. The van der Waals surface area contributed by atoms with Gasteiger partial charge in [0.2, 0.25) is 23.6 Å². The first-order valence-corrected chi connectivity index (χ1v) is 42.6. The number of esters is 2. The van der Waals surface area contributed by atoms with Gasteiger partial charge in [0.25, 0.3) is 5.91 Å². The summed E-state index contributed by atoms with van der Waals surface area (Å²) in [6, 6.07) is 5.21. The number of aromatic nitrogens is 1. The predicted molar refractivity (Wildman–Crippen MR) is 433 cm³/mol. The number of aliphatic carboxylic acids is 5. The average Bonchev–Trinajstić information content (AvgIpc) is 1.77. The van der Waals surface area contributed by atoms with Gasteiger partial charge in [-0.2, -0.15) is 0 Å². The molecule has 0 radical (unpaired) electrons. The second-order valence-electron chi connectivity index (χ2n) is 29.6. The average molecular weight is 1700 g/mol. The fourth-order valence-corrected chi connectivity index (χ4v) is 15.7. The number of nitrogens with one attached hydrogen (secondary N) is 8. The van der Waals surface area contributed by atoms with Crippen molar-refractivity contribution in [1.82, 2.24) is 57.3 Å². The van der Waals surface area contributed by atoms with Crippen molar-refractivity contribution < 1.29 is 117 Å². The Labute approximate surface area is 692 Å². The number of urea groups is 2. The Hall–Kier alpha value is -9.95. The van der Waals surface area contributed by atoms with Crippen molar-refractivity contribution in [2.24, 2.45) is 29.6 Å². The Bertz CT molecular complexity index is 3810. The number of nitrogens with zero attached hydrogens (tertiary/aromatic N) is 3. The van der Waals surface area contributed by atoms with Crippen LogP contribution in [-0.2, 0) is 91.2 Å². The van der Waals surface area contributed by atoms with Crippen molar-refractivity contribution >= 4 is 128 Å². The Morgan fingerprint density at radius 2 is 1.31 bits per heavy atom. The lowest BCUT2D eigenvalue weighted by Gasteiger charge is -2.39. The number of aromatic hydroxyl groups is 1. The highest BCUT2D eigenvalue weighted by Gasteiger charge is 2.40. The molecule has 0 saturated carbocycles. The highest BCUT2D eigenvalue weighted by Crippen LogP contribution is 2.33. The van der Waals surface area contributed by atoms with Crippen LogP contribution in [0.3, 0.4) is 0 Å². The fraction of sp³-hybridized carbons (Fsp3) is 0.608. The van der Waals surface area contributed by atoms with Gasteiger partial charge < -0.3 is 87.5 Å². The van der Waals surface area contributed by atoms with Crippen molar-refractivity contribution in [2.75, 3.05) is 58.1 Å². The molecule has 14 N–H and O–H groups in total. The molecule has 648 valence electrons. The molecule has 11 atom stereocenters. The van der Waals surface area contributed by atoms with E-state index in [9.17, 15) is 102 Å². The van der Waals surface area contributed by atoms with Gasteiger partial charge in [-0.05, 0) is 118 Å². The molecule has 1 aliphatic heterocycles. The minimum atomic E-state index is -1.74. The standard InChI is InChI=1S/C79H115N11O24S3/c1-9-16-69(101)114-45-90(75(106)56(47(5)10-2)39-64(93)61-18-12-14-30-89(61)8)62(46(3)4)34-49(7)74-87-59(43-115-74)73(105)84-54(35-50-24-26-55(91)27-25-50)33-48(6)71(103)82-42-70(102)113-31-32-116-117-44-60(77(109)110)86-72(104)53(38-67(97)98)37-63(92)58(40-68(99)100)85-65(94)36-51-20-22-52(23-21-51)41-83-78(111)80-28-13-11-17-57(76(107)108)88-79(112)81-29-15-19-66(95)96/h20-27,43,46-49,53-54,56-58,60-62,91H,9-19,28-42,44-45H2,1-8H3,(H,82,103)(H,84,105)(H,85,94)(H,86,104)(H,95,96)(H,97,98)(H,99,100)(H,107,108)(H,109,110)(H2,80,83,111)(H2,81,88,112)/t47?,48-,49+,53+,54+,56-,57-,58+,60+,61+,62?/m0/s1. The number of carbonyl (C=O) groups excluding carboxylic acids is 11. The van der Waals surface area contributed by atoms with Gasteiger partial charge >= 0.3 is 53.8 Å². The Balaban J connectivity index is 1.26. The van der Waals surface area contributed by atoms with E-state index in [1.165, 1.54) is 35.6 Å². The number of rotatable bonds is 56. The summed E-state index contributed by atoms with van der Waals surface area (Å²) in [6.45, 7) is 13.3. The van der Waals surface area contributed by atoms with Crippen molar-refractivity contribution in [3.05, 3.63) is 81.3 Å². The van der Waals surface area contributed by atoms with Crippen LogP contribution in [0.25, 0.3) is 0 Å². The number of phenols is 1. The highest BCUT2D eigenvalue weighted by atomic mass is 33.1. The van der Waals surface area contributed by atoms with Gasteiger partial charge in [-0.3, -0.25) is 62.4 Å². The second kappa shape index (κ2) is 52.7. The van der Waals surface area contributed by atoms with E-state index in [0.29, 0.717) is 48.2 Å². The molecule has 35 nitrogen and oxygen atoms in total. The van der Waals surface area contributed by atoms with Crippen LogP contribution < -0.4 is 42.5 Å². The quantitative estimate of drug-likeness (QED) is 0.0125. The number of benzene rings is 2. The normalized spacial score (nSPS) is 15.3. The van der Waals surface area contributed by atoms with Crippen molar-refractivity contribution in [3.63, 3.8) is 0 Å². The minimum absolute atomic E-state index is 0.0158. The number of Topliss-reactive ketones (excluding diaryl/α,β-unsaturated/α-hetero) is 2. The summed E-state index contributed by atoms with van der Waals surface area (Å²) in [7, 11) is 3.92. The molecular weight excluding hydrogens is 1580 g/mol. The number of carbonyl (C=O) groups is 16. The smallest absolute Gasteiger partial charge is 0.327 e. The summed E-state index contributed by atoms with van der Waals surface area (Å²) < 4.78 is 11.0. The third kappa shape index (κ3) is 37.9. The highest BCUT2D eigenvalue weighted by molar-refractivity contribution is 8.76. The zero-order valence-corrected chi connectivity index (χ0v) is 70.0. The molecule has 1 aromatic heterocycles. The van der Waals surface area contributed by atoms with Crippen LogP contribution in [-0.4, -0.2) is 235 Å². The van der Waals surface area contributed by atoms with Crippen LogP contribution in [0.2, 0.25) is 0 Å². The number of likely N-dealkylation sites (N-methyl/N-ethyl adjacent to an activating group) is 1. The molecule has 1 fully saturated rings. The maximum Gasteiger partial charge on any atom is 0.327 e. The molecule has 0 spiro atoms. The maximum absolute atomic E-state index is 15.0. The number of thiazole rings is 1. The Morgan fingerprint density at radius 1 is 0.650 bits per heavy atom. The number of piperidine rings is 1. The lowest BCUT2D eigenvalue weighted by Crippen LogP contribution is -2.50. The van der Waals surface area contributed by atoms with Gasteiger partial charge in [0, 0.05) is 92.0 Å². The SMILES string of the molecule is CCCC(=O)OCN(C(=O)[C@@H](CC(=O)[C@H]1CCCCN1C)C(C)CC)C(C[C@@H](C)c1nc(C(=O)N[C@@H](Cc2ccc(O)cc2)C[C@H](C)C(=O)NCC(=O)OCCSSC[C@@H](NC(=O)[C@@H](CC(=O)O)CC(=O)[C@@H](CC(=O)O)NC(=O)Cc2ccc(CNC(=O)NCCCC[C@H](NC(=O)NCCCC(=O)O)C(=O)O)cc2)C(=O)O)cs1)C(C)C. The summed E-state index contributed by atoms with van der Waals surface area (Å²) in [5, 5.41) is 79.9. The van der Waals surface area contributed by atoms with Gasteiger partial charge in [-0.15, -0.1) is 11.3 Å². The van der Waals surface area contributed by atoms with Gasteiger partial charge in [0.15, 0.2) is 18.3 Å². The minimum Gasteiger partial charge on any atom is -0.508 e. The fourth-order valence-electron chi connectivity index (χ4n) is 12.9. The van der Waals surface area contributed by atoms with E-state index < -0.39 is 157 Å². The third-order valence-electron chi connectivity index (χ3n) is 19.7. The number of hydrogen-bond acceptors (Lipinski definition) is 24. The molecule has 1 saturated heterocycles. The summed E-state index contributed by atoms with van der Waals surface area (Å²) in [4.78, 5) is 214. The summed E-state index contributed by atoms with van der Waals surface area (Å²) >= 11 is 1.26. The molecule has 0 bridgehead atoms. The summed E-state index contributed by atoms with van der Waals surface area (Å²) in [5.41, 5.74) is 1.82. The number of amides is 9. The molecule has 117 heavy (non-hydrogen) atoms. The van der Waals surface area contributed by atoms with Gasteiger partial charge in [0.1, 0.15) is 36.7 Å². The Kier molecular flexibility index (Phi) is 44.8. The third-order valence-corrected chi connectivity index (χ3v) is 23.2. The number of unbranched alkanes of at least 4 members (excludes halogenated alkanes) is 1. The van der Waals surface area contributed by atoms with Crippen LogP contribution in [0, 0.1) is 29.6 Å². The topological polar surface area (TPSA) is 529 Å². The number of ether oxygens (including phenoxy) is 2. The lowest BCUT2D eigenvalue weighted by atomic mass is 9.82. The number of phenolic OH excluding ortho intramolecular Hbond substituents is 1. The van der Waals surface area contributed by atoms with Crippen molar-refractivity contribution in [3.8, 4) is 5.75 Å². The first-order chi connectivity index (χ1) is 55.5. The molecule has 38 heteroatoms. The predicted octanol–water partition coefficient (Wildman–Crippen LogP) is 6.42. The molecule has 2 unspecified atom stereocenters. The van der Waals surface area contributed by atoms with E-state index >= 15 is 0 Å². The van der Waals surface area contributed by atoms with E-state index in [0.717, 1.165) is 53.0 Å². The Morgan fingerprint density at radius 3 is 1.94 bits per heavy atom. The molecule has 1 aliphatic rings. The van der Waals surface area contributed by atoms with Crippen LogP contribution in [0.15, 0.2) is 53.9 Å². The van der Waals surface area contributed by atoms with E-state index in [1.807, 2.05) is 48.6 Å². The number of carboxylic acids is 5. The number of likely N-dealkylation sites (tertiary alicyclic amines) is 1. The summed E-state index contributed by atoms with van der Waals surface area (Å²) in [5.74, 6) is -16.5. The van der Waals surface area contributed by atoms with E-state index in [4.69, 9.17) is 19.6 Å². The van der Waals surface area contributed by atoms with Crippen LogP contribution in [0.4, 0.5) is 9.59 Å². The van der Waals surface area contributed by atoms with E-state index in [1.54, 1.807) is 41.5 Å². The van der Waals surface area contributed by atoms with Gasteiger partial charge in [-0.25, -0.2) is 24.2 Å². The molecule has 3 aromatic rings. The largest absolute Gasteiger partial charge is 0.508 e. The first-order valence-electron chi connectivity index (χ1n) is 39.3. The van der Waals surface area contributed by atoms with Crippen molar-refractivity contribution in [2.45, 2.75) is 219 Å². The lowest BCUT2D eigenvalue weighted by molar-refractivity contribution is -0.160. The number of hydrogen-bond donors (Lipinski definition) is 14. The van der Waals surface area contributed by atoms with Gasteiger partial charge in [0.05, 0.1) is 42.3 Å². The van der Waals surface area contributed by atoms with Gasteiger partial charge in [-0.1, -0.05) is 119 Å². The second-order valence-corrected chi connectivity index (χ2v) is 33.1. The monoisotopic (exact) mass is 1700 g/mol. The number of carboxylic acid groups (broad SMARTS) is 5. The molecular formula is C79H115N11O24S3. The molecule has 9 amide bonds. The van der Waals surface area contributed by atoms with Crippen LogP contribution >= 0.6 is 32.9 Å². The van der Waals surface area contributed by atoms with Crippen molar-refractivity contribution in [1.29, 1.82) is 0 Å². The van der Waals surface area contributed by atoms with E-state index in [-0.39, 0.29) is 143 Å². The molecule has 2 heterocycles. The zero-order chi connectivity index (χ0) is 86.8. The van der Waals surface area contributed by atoms with Crippen LogP contribution in [0.1, 0.15) is 196 Å². The first kappa shape index (κ1) is 99.4. The summed E-state index contributed by atoms with van der Waals surface area (Å²) in [6.07, 6.45) is 2.25. The molecule has 4 rings (SSSR count). The maximum atomic E-state index is 15.0.